The Morgan fingerprint density at radius 1 is 1.06 bits per heavy atom. The number of aromatic nitrogens is 5. The second-order valence-electron chi connectivity index (χ2n) is 6.85. The van der Waals surface area contributed by atoms with Gasteiger partial charge in [0.1, 0.15) is 6.61 Å². The van der Waals surface area contributed by atoms with Crippen LogP contribution in [-0.4, -0.2) is 24.6 Å². The number of ether oxygens (including phenoxy) is 1. The average molecular weight is 433 g/mol. The van der Waals surface area contributed by atoms with E-state index in [1.807, 2.05) is 42.6 Å². The van der Waals surface area contributed by atoms with E-state index in [4.69, 9.17) is 4.74 Å². The fourth-order valence-electron chi connectivity index (χ4n) is 3.15. The highest BCUT2D eigenvalue weighted by Crippen LogP contribution is 2.27. The van der Waals surface area contributed by atoms with E-state index in [-0.39, 0.29) is 23.7 Å². The summed E-state index contributed by atoms with van der Waals surface area (Å²) in [6, 6.07) is 15.4. The molecule has 0 aliphatic carbocycles. The number of aryl methyl sites for hydroxylation is 1. The van der Waals surface area contributed by atoms with E-state index in [1.54, 1.807) is 12.1 Å². The van der Waals surface area contributed by atoms with Crippen LogP contribution in [0.1, 0.15) is 10.7 Å². The van der Waals surface area contributed by atoms with Crippen LogP contribution < -0.4 is 10.3 Å². The molecule has 154 valence electrons. The van der Waals surface area contributed by atoms with Gasteiger partial charge in [-0.05, 0) is 25.1 Å². The molecule has 5 rings (SSSR count). The normalized spacial score (nSPS) is 11.2. The molecule has 0 amide bonds. The number of hydrogen-bond acceptors (Lipinski definition) is 6. The van der Waals surface area contributed by atoms with E-state index < -0.39 is 5.82 Å². The Hall–Kier alpha value is -3.85. The Morgan fingerprint density at radius 3 is 2.65 bits per heavy atom. The van der Waals surface area contributed by atoms with Gasteiger partial charge in [-0.15, -0.1) is 11.3 Å². The number of hydrogen-bond donors (Lipinski definition) is 1. The van der Waals surface area contributed by atoms with Crippen molar-refractivity contribution in [1.29, 1.82) is 0 Å². The molecule has 0 bridgehead atoms. The lowest BCUT2D eigenvalue weighted by molar-refractivity contribution is 0.286. The molecule has 0 radical (unpaired) electrons. The molecular weight excluding hydrogens is 417 g/mol. The molecule has 0 spiro atoms. The highest BCUT2D eigenvalue weighted by molar-refractivity contribution is 7.09. The topological polar surface area (TPSA) is 85.2 Å². The smallest absolute Gasteiger partial charge is 0.274 e. The third-order valence-corrected chi connectivity index (χ3v) is 5.43. The number of halogens is 1. The number of nitrogens with one attached hydrogen (secondary N) is 1. The molecule has 0 atom stereocenters. The van der Waals surface area contributed by atoms with Crippen molar-refractivity contribution in [2.75, 3.05) is 0 Å². The minimum absolute atomic E-state index is 0.0641. The zero-order valence-electron chi connectivity index (χ0n) is 16.4. The zero-order chi connectivity index (χ0) is 21.4. The van der Waals surface area contributed by atoms with Gasteiger partial charge < -0.3 is 4.74 Å². The summed E-state index contributed by atoms with van der Waals surface area (Å²) in [4.78, 5) is 25.5. The van der Waals surface area contributed by atoms with Gasteiger partial charge in [0.15, 0.2) is 17.4 Å². The van der Waals surface area contributed by atoms with Crippen LogP contribution in [0.5, 0.6) is 5.75 Å². The lowest BCUT2D eigenvalue weighted by Gasteiger charge is -2.08. The van der Waals surface area contributed by atoms with Gasteiger partial charge in [-0.3, -0.25) is 9.89 Å². The van der Waals surface area contributed by atoms with Crippen molar-refractivity contribution in [1.82, 2.24) is 24.6 Å². The number of nitrogens with zero attached hydrogens (tertiary/aromatic N) is 4. The molecule has 1 N–H and O–H groups in total. The van der Waals surface area contributed by atoms with Crippen LogP contribution >= 0.6 is 11.3 Å². The van der Waals surface area contributed by atoms with Gasteiger partial charge in [0.25, 0.3) is 11.3 Å². The number of benzene rings is 2. The van der Waals surface area contributed by atoms with Gasteiger partial charge >= 0.3 is 0 Å². The predicted molar refractivity (Wildman–Crippen MR) is 116 cm³/mol. The maximum Gasteiger partial charge on any atom is 0.274 e. The van der Waals surface area contributed by atoms with Crippen LogP contribution in [0.25, 0.3) is 28.4 Å². The summed E-state index contributed by atoms with van der Waals surface area (Å²) in [7, 11) is 0. The second-order valence-corrected chi connectivity index (χ2v) is 7.91. The van der Waals surface area contributed by atoms with Crippen molar-refractivity contribution < 1.29 is 9.13 Å². The molecule has 7 nitrogen and oxygen atoms in total. The predicted octanol–water partition coefficient (Wildman–Crippen LogP) is 4.23. The van der Waals surface area contributed by atoms with Crippen LogP contribution in [-0.2, 0) is 6.61 Å². The van der Waals surface area contributed by atoms with Crippen molar-refractivity contribution >= 4 is 17.1 Å². The molecule has 3 heterocycles. The molecular formula is C22H16FN5O2S. The van der Waals surface area contributed by atoms with Crippen LogP contribution in [0.4, 0.5) is 4.39 Å². The molecule has 0 fully saturated rings. The lowest BCUT2D eigenvalue weighted by atomic mass is 10.1. The van der Waals surface area contributed by atoms with E-state index in [2.05, 4.69) is 20.1 Å². The van der Waals surface area contributed by atoms with Crippen LogP contribution in [0, 0.1) is 12.7 Å². The molecule has 9 heteroatoms. The van der Waals surface area contributed by atoms with Crippen LogP contribution in [0.2, 0.25) is 0 Å². The Bertz CT molecular complexity index is 1440. The number of H-pyrrole nitrogens is 1. The largest absolute Gasteiger partial charge is 0.484 e. The minimum Gasteiger partial charge on any atom is -0.484 e. The quantitative estimate of drug-likeness (QED) is 0.448. The third-order valence-electron chi connectivity index (χ3n) is 4.65. The van der Waals surface area contributed by atoms with E-state index in [0.29, 0.717) is 17.1 Å². The summed E-state index contributed by atoms with van der Waals surface area (Å²) in [5.74, 6) is 0.318. The molecule has 0 aliphatic heterocycles. The van der Waals surface area contributed by atoms with Crippen molar-refractivity contribution in [3.05, 3.63) is 86.8 Å². The lowest BCUT2D eigenvalue weighted by Crippen LogP contribution is -2.16. The summed E-state index contributed by atoms with van der Waals surface area (Å²) >= 11 is 1.51. The molecule has 0 saturated carbocycles. The van der Waals surface area contributed by atoms with Crippen molar-refractivity contribution in [3.63, 3.8) is 0 Å². The average Bonchev–Trinajstić information content (AvgIpc) is 3.40. The SMILES string of the molecule is Cc1nc(-c2ccc(OCc3cc(=O)n4[nH]c(-c5ccccc5)nc4n3)c(F)c2)cs1. The summed E-state index contributed by atoms with van der Waals surface area (Å²) in [5, 5.41) is 5.73. The highest BCUT2D eigenvalue weighted by Gasteiger charge is 2.12. The molecule has 2 aromatic carbocycles. The monoisotopic (exact) mass is 433 g/mol. The van der Waals surface area contributed by atoms with E-state index in [0.717, 1.165) is 16.3 Å². The first kappa shape index (κ1) is 19.1. The molecule has 0 unspecified atom stereocenters. The van der Waals surface area contributed by atoms with Crippen molar-refractivity contribution in [3.8, 4) is 28.4 Å². The third kappa shape index (κ3) is 3.82. The van der Waals surface area contributed by atoms with E-state index in [9.17, 15) is 9.18 Å². The van der Waals surface area contributed by atoms with Crippen molar-refractivity contribution in [2.24, 2.45) is 0 Å². The van der Waals surface area contributed by atoms with Gasteiger partial charge in [0.05, 0.1) is 16.4 Å². The Morgan fingerprint density at radius 2 is 1.90 bits per heavy atom. The van der Waals surface area contributed by atoms with Gasteiger partial charge in [-0.25, -0.2) is 14.4 Å². The number of rotatable bonds is 5. The van der Waals surface area contributed by atoms with E-state index in [1.165, 1.54) is 28.0 Å². The highest BCUT2D eigenvalue weighted by atomic mass is 32.1. The van der Waals surface area contributed by atoms with E-state index >= 15 is 0 Å². The van der Waals surface area contributed by atoms with Gasteiger partial charge in [0, 0.05) is 22.6 Å². The molecule has 0 saturated heterocycles. The maximum absolute atomic E-state index is 14.5. The summed E-state index contributed by atoms with van der Waals surface area (Å²) < 4.78 is 21.3. The summed E-state index contributed by atoms with van der Waals surface area (Å²) in [5.41, 5.74) is 2.27. The first-order chi connectivity index (χ1) is 15.1. The Kier molecular flexibility index (Phi) is 4.79. The standard InChI is InChI=1S/C22H16FN5O2S/c1-13-24-18(12-31-13)15-7-8-19(17(23)9-15)30-11-16-10-20(29)28-22(25-16)26-21(27-28)14-5-3-2-4-6-14/h2-10,12H,11H2,1H3,(H,25,26,27). The Labute approximate surface area is 179 Å². The molecule has 5 aromatic rings. The first-order valence-electron chi connectivity index (χ1n) is 9.46. The maximum atomic E-state index is 14.5. The van der Waals surface area contributed by atoms with Crippen LogP contribution in [0.3, 0.4) is 0 Å². The van der Waals surface area contributed by atoms with Gasteiger partial charge in [0.2, 0.25) is 0 Å². The fraction of sp³-hybridized carbons (Fsp3) is 0.0909. The molecule has 0 aliphatic rings. The number of fused-ring (bicyclic) bond motifs is 1. The van der Waals surface area contributed by atoms with Gasteiger partial charge in [-0.1, -0.05) is 30.3 Å². The zero-order valence-corrected chi connectivity index (χ0v) is 17.2. The Balaban J connectivity index is 1.38. The fourth-order valence-corrected chi connectivity index (χ4v) is 3.77. The second kappa shape index (κ2) is 7.77. The van der Waals surface area contributed by atoms with Crippen LogP contribution in [0.15, 0.2) is 64.8 Å². The van der Waals surface area contributed by atoms with Crippen molar-refractivity contribution in [2.45, 2.75) is 13.5 Å². The molecule has 3 aromatic heterocycles. The molecule has 31 heavy (non-hydrogen) atoms. The summed E-state index contributed by atoms with van der Waals surface area (Å²) in [6.45, 7) is 1.84. The first-order valence-corrected chi connectivity index (χ1v) is 10.3. The number of thiazole rings is 1. The summed E-state index contributed by atoms with van der Waals surface area (Å²) in [6.07, 6.45) is 0. The number of aromatic amines is 1. The minimum atomic E-state index is -0.507. The van der Waals surface area contributed by atoms with Gasteiger partial charge in [-0.2, -0.15) is 9.50 Å².